The second-order valence-electron chi connectivity index (χ2n) is 8.57. The van der Waals surface area contributed by atoms with E-state index >= 15 is 0 Å². The number of allylic oxidation sites excluding steroid dienone is 2. The molecule has 1 aliphatic heterocycles. The summed E-state index contributed by atoms with van der Waals surface area (Å²) in [7, 11) is 1.25. The van der Waals surface area contributed by atoms with Gasteiger partial charge in [0, 0.05) is 28.5 Å². The third-order valence-electron chi connectivity index (χ3n) is 6.23. The van der Waals surface area contributed by atoms with Crippen molar-refractivity contribution in [2.24, 2.45) is 0 Å². The van der Waals surface area contributed by atoms with Crippen LogP contribution in [0.2, 0.25) is 0 Å². The van der Waals surface area contributed by atoms with Gasteiger partial charge in [-0.1, -0.05) is 17.7 Å². The van der Waals surface area contributed by atoms with Crippen molar-refractivity contribution >= 4 is 23.5 Å². The Hall–Kier alpha value is -3.93. The molecule has 5 nitrogen and oxygen atoms in total. The maximum atomic E-state index is 13.6. The fraction of sp³-hybridized carbons (Fsp3) is 0.214. The van der Waals surface area contributed by atoms with Gasteiger partial charge >= 0.3 is 5.97 Å². The van der Waals surface area contributed by atoms with E-state index in [9.17, 15) is 14.0 Å². The Labute approximate surface area is 198 Å². The highest BCUT2D eigenvalue weighted by Gasteiger charge is 2.38. The lowest BCUT2D eigenvalue weighted by Crippen LogP contribution is -2.18. The molecule has 0 aliphatic carbocycles. The van der Waals surface area contributed by atoms with Gasteiger partial charge < -0.3 is 14.2 Å². The Bertz CT molecular complexity index is 1380. The van der Waals surface area contributed by atoms with E-state index in [4.69, 9.17) is 4.74 Å². The van der Waals surface area contributed by atoms with E-state index in [0.29, 0.717) is 17.1 Å². The molecule has 2 aromatic carbocycles. The first-order chi connectivity index (χ1) is 16.1. The van der Waals surface area contributed by atoms with Gasteiger partial charge in [0.15, 0.2) is 0 Å². The molecule has 0 amide bonds. The molecule has 0 bridgehead atoms. The van der Waals surface area contributed by atoms with Gasteiger partial charge in [-0.2, -0.15) is 0 Å². The fourth-order valence-electron chi connectivity index (χ4n) is 4.59. The van der Waals surface area contributed by atoms with Crippen molar-refractivity contribution in [3.63, 3.8) is 0 Å². The van der Waals surface area contributed by atoms with Crippen molar-refractivity contribution in [2.75, 3.05) is 12.0 Å². The van der Waals surface area contributed by atoms with Crippen molar-refractivity contribution < 1.29 is 18.7 Å². The Morgan fingerprint density at radius 3 is 2.26 bits per heavy atom. The number of aryl methyl sites for hydroxylation is 3. The number of carbonyl (C=O) groups excluding carboxylic acids is 2. The molecule has 0 spiro atoms. The number of halogens is 1. The number of rotatable bonds is 4. The number of anilines is 1. The lowest BCUT2D eigenvalue weighted by atomic mass is 10.1. The maximum Gasteiger partial charge on any atom is 0.343 e. The zero-order chi connectivity index (χ0) is 24.7. The summed E-state index contributed by atoms with van der Waals surface area (Å²) in [5, 5.41) is 0. The maximum absolute atomic E-state index is 13.6. The standard InChI is InChI=1S/C28H27FN2O3/c1-16-7-12-24(17(2)13-16)30-18(3)14-21(19(30)4)15-25-27(32)26(28(33)34-6)20(5)31(25)23-10-8-22(29)9-11-23/h7-15H,1-6H3. The molecule has 0 unspecified atom stereocenters. The molecule has 0 saturated heterocycles. The first-order valence-electron chi connectivity index (χ1n) is 11.0. The normalized spacial score (nSPS) is 15.0. The van der Waals surface area contributed by atoms with E-state index in [-0.39, 0.29) is 11.4 Å². The first-order valence-corrected chi connectivity index (χ1v) is 11.0. The second kappa shape index (κ2) is 8.78. The fourth-order valence-corrected chi connectivity index (χ4v) is 4.59. The van der Waals surface area contributed by atoms with Gasteiger partial charge in [0.1, 0.15) is 11.4 Å². The number of carbonyl (C=O) groups is 2. The number of ketones is 1. The molecule has 0 saturated carbocycles. The molecule has 1 aromatic heterocycles. The third-order valence-corrected chi connectivity index (χ3v) is 6.23. The van der Waals surface area contributed by atoms with Crippen LogP contribution in [0.5, 0.6) is 0 Å². The first kappa shape index (κ1) is 23.2. The van der Waals surface area contributed by atoms with Crippen LogP contribution in [0.4, 0.5) is 10.1 Å². The van der Waals surface area contributed by atoms with Crippen LogP contribution in [0.25, 0.3) is 11.8 Å². The van der Waals surface area contributed by atoms with Gasteiger partial charge in [-0.15, -0.1) is 0 Å². The van der Waals surface area contributed by atoms with Crippen molar-refractivity contribution in [3.05, 3.63) is 99.4 Å². The molecule has 3 aromatic rings. The summed E-state index contributed by atoms with van der Waals surface area (Å²) in [4.78, 5) is 27.5. The van der Waals surface area contributed by atoms with Gasteiger partial charge in [0.2, 0.25) is 5.78 Å². The van der Waals surface area contributed by atoms with Gasteiger partial charge in [0.05, 0.1) is 12.8 Å². The van der Waals surface area contributed by atoms with Crippen LogP contribution in [-0.4, -0.2) is 23.4 Å². The molecule has 34 heavy (non-hydrogen) atoms. The highest BCUT2D eigenvalue weighted by Crippen LogP contribution is 2.36. The van der Waals surface area contributed by atoms with Crippen LogP contribution in [0.3, 0.4) is 0 Å². The number of methoxy groups -OCH3 is 1. The van der Waals surface area contributed by atoms with E-state index < -0.39 is 11.8 Å². The van der Waals surface area contributed by atoms with Gasteiger partial charge in [-0.3, -0.25) is 4.79 Å². The summed E-state index contributed by atoms with van der Waals surface area (Å²) in [6.45, 7) is 9.85. The van der Waals surface area contributed by atoms with E-state index in [1.807, 2.05) is 19.9 Å². The van der Waals surface area contributed by atoms with Crippen molar-refractivity contribution in [1.82, 2.24) is 4.57 Å². The predicted octanol–water partition coefficient (Wildman–Crippen LogP) is 5.73. The van der Waals surface area contributed by atoms with Crippen LogP contribution < -0.4 is 4.90 Å². The van der Waals surface area contributed by atoms with Crippen molar-refractivity contribution in [1.29, 1.82) is 0 Å². The highest BCUT2D eigenvalue weighted by molar-refractivity contribution is 6.30. The number of ether oxygens (including phenoxy) is 1. The smallest absolute Gasteiger partial charge is 0.343 e. The van der Waals surface area contributed by atoms with Crippen molar-refractivity contribution in [3.8, 4) is 5.69 Å². The molecule has 0 fully saturated rings. The molecule has 0 atom stereocenters. The molecule has 0 N–H and O–H groups in total. The number of hydrogen-bond acceptors (Lipinski definition) is 4. The second-order valence-corrected chi connectivity index (χ2v) is 8.57. The molecular formula is C28H27FN2O3. The predicted molar refractivity (Wildman–Crippen MR) is 131 cm³/mol. The van der Waals surface area contributed by atoms with Crippen LogP contribution in [0, 0.1) is 33.5 Å². The Balaban J connectivity index is 1.88. The number of aromatic nitrogens is 1. The summed E-state index contributed by atoms with van der Waals surface area (Å²) in [5.74, 6) is -1.50. The number of benzene rings is 2. The van der Waals surface area contributed by atoms with Gasteiger partial charge in [-0.25, -0.2) is 9.18 Å². The molecule has 174 valence electrons. The average Bonchev–Trinajstić information content (AvgIpc) is 3.20. The van der Waals surface area contributed by atoms with Crippen LogP contribution in [0.15, 0.2) is 65.5 Å². The lowest BCUT2D eigenvalue weighted by molar-refractivity contribution is -0.137. The average molecular weight is 459 g/mol. The molecule has 2 heterocycles. The van der Waals surface area contributed by atoms with Crippen LogP contribution in [-0.2, 0) is 14.3 Å². The van der Waals surface area contributed by atoms with E-state index in [1.54, 1.807) is 30.0 Å². The molecule has 0 radical (unpaired) electrons. The highest BCUT2D eigenvalue weighted by atomic mass is 19.1. The van der Waals surface area contributed by atoms with Gasteiger partial charge in [-0.05, 0) is 88.2 Å². The van der Waals surface area contributed by atoms with E-state index in [0.717, 1.165) is 28.2 Å². The van der Waals surface area contributed by atoms with E-state index in [1.165, 1.54) is 24.8 Å². The number of esters is 1. The minimum atomic E-state index is -0.696. The number of hydrogen-bond donors (Lipinski definition) is 0. The zero-order valence-electron chi connectivity index (χ0n) is 20.2. The summed E-state index contributed by atoms with van der Waals surface area (Å²) in [6, 6.07) is 14.1. The summed E-state index contributed by atoms with van der Waals surface area (Å²) in [6.07, 6.45) is 1.79. The van der Waals surface area contributed by atoms with Crippen LogP contribution in [0.1, 0.15) is 35.0 Å². The van der Waals surface area contributed by atoms with E-state index in [2.05, 4.69) is 36.6 Å². The quantitative estimate of drug-likeness (QED) is 0.285. The molecular weight excluding hydrogens is 431 g/mol. The molecule has 6 heteroatoms. The zero-order valence-corrected chi connectivity index (χ0v) is 20.2. The Morgan fingerprint density at radius 1 is 0.971 bits per heavy atom. The summed E-state index contributed by atoms with van der Waals surface area (Å²) < 4.78 is 20.6. The third kappa shape index (κ3) is 3.85. The molecule has 4 rings (SSSR count). The topological polar surface area (TPSA) is 51.5 Å². The number of nitrogens with zero attached hydrogens (tertiary/aromatic N) is 2. The summed E-state index contributed by atoms with van der Waals surface area (Å²) >= 11 is 0. The Morgan fingerprint density at radius 2 is 1.65 bits per heavy atom. The monoisotopic (exact) mass is 458 g/mol. The van der Waals surface area contributed by atoms with Crippen LogP contribution >= 0.6 is 0 Å². The minimum absolute atomic E-state index is 0.0266. The lowest BCUT2D eigenvalue weighted by Gasteiger charge is -2.21. The Kier molecular flexibility index (Phi) is 6.00. The summed E-state index contributed by atoms with van der Waals surface area (Å²) in [5.41, 5.74) is 7.56. The largest absolute Gasteiger partial charge is 0.465 e. The van der Waals surface area contributed by atoms with Gasteiger partial charge in [0.25, 0.3) is 0 Å². The molecule has 1 aliphatic rings. The number of Topliss-reactive ketones (excluding diaryl/α,β-unsaturated/α-hetero) is 1. The minimum Gasteiger partial charge on any atom is -0.465 e. The van der Waals surface area contributed by atoms with Crippen molar-refractivity contribution in [2.45, 2.75) is 34.6 Å². The SMILES string of the molecule is COC(=O)C1=C(C)N(c2ccc(F)cc2)C(=Cc2cc(C)n(-c3ccc(C)cc3C)c2C)C1=O.